The van der Waals surface area contributed by atoms with E-state index in [1.54, 1.807) is 30.3 Å². The van der Waals surface area contributed by atoms with E-state index in [9.17, 15) is 19.5 Å². The minimum Gasteiger partial charge on any atom is -0.479 e. The average Bonchev–Trinajstić information content (AvgIpc) is 3.62. The molecule has 5 rings (SSSR count). The zero-order valence-corrected chi connectivity index (χ0v) is 19.1. The van der Waals surface area contributed by atoms with Gasteiger partial charge >= 0.3 is 12.1 Å². The molecule has 0 radical (unpaired) electrons. The van der Waals surface area contributed by atoms with Crippen molar-refractivity contribution in [2.45, 2.75) is 24.8 Å². The number of aliphatic carboxylic acids is 1. The average molecular weight is 471 g/mol. The monoisotopic (exact) mass is 470 g/mol. The van der Waals surface area contributed by atoms with Gasteiger partial charge in [0.15, 0.2) is 6.04 Å². The molecule has 3 aromatic carbocycles. The summed E-state index contributed by atoms with van der Waals surface area (Å²) < 4.78 is 5.56. The van der Waals surface area contributed by atoms with Gasteiger partial charge in [0, 0.05) is 12.5 Å². The maximum Gasteiger partial charge on any atom is 0.407 e. The van der Waals surface area contributed by atoms with E-state index in [1.165, 1.54) is 0 Å². The Morgan fingerprint density at radius 3 is 2.03 bits per heavy atom. The van der Waals surface area contributed by atoms with E-state index in [0.717, 1.165) is 22.3 Å². The molecule has 0 aromatic heterocycles. The number of carboxylic acids is 1. The highest BCUT2D eigenvalue weighted by molar-refractivity contribution is 5.90. The van der Waals surface area contributed by atoms with E-state index in [1.807, 2.05) is 24.3 Å². The predicted octanol–water partition coefficient (Wildman–Crippen LogP) is 4.25. The molecule has 3 aromatic rings. The first-order chi connectivity index (χ1) is 17.0. The highest BCUT2D eigenvalue weighted by atomic mass is 16.5. The van der Waals surface area contributed by atoms with Crippen molar-refractivity contribution in [3.8, 4) is 11.1 Å². The van der Waals surface area contributed by atoms with Crippen LogP contribution in [0.4, 0.5) is 4.79 Å². The van der Waals surface area contributed by atoms with Gasteiger partial charge in [0.1, 0.15) is 6.61 Å². The van der Waals surface area contributed by atoms with Gasteiger partial charge in [0.2, 0.25) is 5.91 Å². The molecular weight excluding hydrogens is 444 g/mol. The summed E-state index contributed by atoms with van der Waals surface area (Å²) in [5.74, 6) is -1.56. The van der Waals surface area contributed by atoms with Crippen LogP contribution in [0.25, 0.3) is 11.1 Å². The molecule has 178 valence electrons. The Balaban J connectivity index is 1.18. The number of nitrogens with one attached hydrogen (secondary N) is 2. The van der Waals surface area contributed by atoms with Gasteiger partial charge < -0.3 is 20.5 Å². The summed E-state index contributed by atoms with van der Waals surface area (Å²) in [4.78, 5) is 37.1. The van der Waals surface area contributed by atoms with Crippen molar-refractivity contribution in [2.75, 3.05) is 13.2 Å². The van der Waals surface area contributed by atoms with Crippen molar-refractivity contribution >= 4 is 18.0 Å². The molecule has 1 atom stereocenters. The summed E-state index contributed by atoms with van der Waals surface area (Å²) in [6.45, 7) is 0.283. The van der Waals surface area contributed by atoms with Gasteiger partial charge in [-0.3, -0.25) is 4.79 Å². The summed E-state index contributed by atoms with van der Waals surface area (Å²) in [7, 11) is 0. The number of hydrogen-bond acceptors (Lipinski definition) is 4. The van der Waals surface area contributed by atoms with Crippen LogP contribution in [0.5, 0.6) is 0 Å². The molecule has 1 saturated carbocycles. The molecule has 0 saturated heterocycles. The number of hydrogen-bond donors (Lipinski definition) is 3. The first kappa shape index (κ1) is 22.7. The summed E-state index contributed by atoms with van der Waals surface area (Å²) in [6.07, 6.45) is 0.552. The molecular formula is C28H26N2O5. The molecule has 7 nitrogen and oxygen atoms in total. The molecule has 7 heteroatoms. The number of alkyl carbamates (subject to hydrolysis) is 1. The number of carboxylic acid groups (broad SMARTS) is 1. The molecule has 35 heavy (non-hydrogen) atoms. The minimum atomic E-state index is -1.14. The fraction of sp³-hybridized carbons (Fsp3) is 0.250. The van der Waals surface area contributed by atoms with Crippen LogP contribution in [0.1, 0.15) is 41.5 Å². The molecule has 3 N–H and O–H groups in total. The Morgan fingerprint density at radius 2 is 1.46 bits per heavy atom. The van der Waals surface area contributed by atoms with Gasteiger partial charge in [0.05, 0.1) is 5.41 Å². The van der Waals surface area contributed by atoms with Gasteiger partial charge in [-0.05, 0) is 40.7 Å². The van der Waals surface area contributed by atoms with Gasteiger partial charge in [-0.25, -0.2) is 9.59 Å². The topological polar surface area (TPSA) is 105 Å². The third kappa shape index (κ3) is 4.49. The van der Waals surface area contributed by atoms with E-state index < -0.39 is 23.5 Å². The molecule has 2 aliphatic rings. The van der Waals surface area contributed by atoms with Crippen LogP contribution in [-0.2, 0) is 14.3 Å². The van der Waals surface area contributed by atoms with Gasteiger partial charge in [-0.2, -0.15) is 0 Å². The second-order valence-corrected chi connectivity index (χ2v) is 9.11. The SMILES string of the molecule is O=C(NCC1(C(=O)N[C@@H](C(=O)O)c2ccccc2)CC1)OCC1c2ccccc2-c2ccccc21. The Hall–Kier alpha value is -4.13. The molecule has 2 aliphatic carbocycles. The zero-order valence-electron chi connectivity index (χ0n) is 19.1. The van der Waals surface area contributed by atoms with Crippen molar-refractivity contribution < 1.29 is 24.2 Å². The summed E-state index contributed by atoms with van der Waals surface area (Å²) in [5, 5.41) is 14.9. The van der Waals surface area contributed by atoms with Crippen molar-refractivity contribution in [1.82, 2.24) is 10.6 Å². The summed E-state index contributed by atoms with van der Waals surface area (Å²) in [5.41, 5.74) is 4.23. The number of fused-ring (bicyclic) bond motifs is 3. The van der Waals surface area contributed by atoms with Crippen LogP contribution < -0.4 is 10.6 Å². The van der Waals surface area contributed by atoms with Crippen LogP contribution in [-0.4, -0.2) is 36.2 Å². The Kier molecular flexibility index (Phi) is 5.99. The first-order valence-electron chi connectivity index (χ1n) is 11.7. The molecule has 0 bridgehead atoms. The molecule has 2 amide bonds. The lowest BCUT2D eigenvalue weighted by Crippen LogP contribution is -2.43. The maximum atomic E-state index is 12.9. The second-order valence-electron chi connectivity index (χ2n) is 9.11. The quantitative estimate of drug-likeness (QED) is 0.457. The number of benzene rings is 3. The fourth-order valence-corrected chi connectivity index (χ4v) is 4.74. The van der Waals surface area contributed by atoms with Gasteiger partial charge in [-0.1, -0.05) is 78.9 Å². The minimum absolute atomic E-state index is 0.0477. The lowest BCUT2D eigenvalue weighted by molar-refractivity contribution is -0.143. The zero-order chi connectivity index (χ0) is 24.4. The normalized spacial score (nSPS) is 15.9. The predicted molar refractivity (Wildman–Crippen MR) is 130 cm³/mol. The number of ether oxygens (including phenoxy) is 1. The van der Waals surface area contributed by atoms with Crippen LogP contribution in [0.15, 0.2) is 78.9 Å². The number of amides is 2. The number of carbonyl (C=O) groups excluding carboxylic acids is 2. The van der Waals surface area contributed by atoms with Crippen LogP contribution >= 0.6 is 0 Å². The molecule has 0 spiro atoms. The van der Waals surface area contributed by atoms with Crippen molar-refractivity contribution in [1.29, 1.82) is 0 Å². The molecule has 0 aliphatic heterocycles. The van der Waals surface area contributed by atoms with E-state index in [2.05, 4.69) is 34.9 Å². The first-order valence-corrected chi connectivity index (χ1v) is 11.7. The van der Waals surface area contributed by atoms with E-state index >= 15 is 0 Å². The highest BCUT2D eigenvalue weighted by Crippen LogP contribution is 2.46. The fourth-order valence-electron chi connectivity index (χ4n) is 4.74. The van der Waals surface area contributed by atoms with E-state index in [4.69, 9.17) is 4.74 Å². The standard InChI is InChI=1S/C28H26N2O5/c31-25(32)24(18-8-2-1-3-9-18)30-26(33)28(14-15-28)17-29-27(34)35-16-23-21-12-6-4-10-19(21)20-11-5-7-13-22(20)23/h1-13,23-24H,14-17H2,(H,29,34)(H,30,33)(H,31,32)/t24-/m1/s1. The van der Waals surface area contributed by atoms with Crippen LogP contribution in [0.2, 0.25) is 0 Å². The maximum absolute atomic E-state index is 12.9. The smallest absolute Gasteiger partial charge is 0.407 e. The molecule has 0 heterocycles. The van der Waals surface area contributed by atoms with Gasteiger partial charge in [0.25, 0.3) is 0 Å². The Labute approximate surface area is 203 Å². The van der Waals surface area contributed by atoms with Crippen molar-refractivity contribution in [3.63, 3.8) is 0 Å². The highest BCUT2D eigenvalue weighted by Gasteiger charge is 2.51. The van der Waals surface area contributed by atoms with Crippen molar-refractivity contribution in [3.05, 3.63) is 95.6 Å². The second kappa shape index (κ2) is 9.25. The van der Waals surface area contributed by atoms with Crippen molar-refractivity contribution in [2.24, 2.45) is 5.41 Å². The molecule has 1 fully saturated rings. The largest absolute Gasteiger partial charge is 0.479 e. The Bertz CT molecular complexity index is 1220. The third-order valence-electron chi connectivity index (χ3n) is 6.91. The Morgan fingerprint density at radius 1 is 0.886 bits per heavy atom. The number of carbonyl (C=O) groups is 3. The van der Waals surface area contributed by atoms with Gasteiger partial charge in [-0.15, -0.1) is 0 Å². The lowest BCUT2D eigenvalue weighted by atomic mass is 9.98. The van der Waals surface area contributed by atoms with E-state index in [0.29, 0.717) is 18.4 Å². The van der Waals surface area contributed by atoms with Crippen LogP contribution in [0, 0.1) is 5.41 Å². The summed E-state index contributed by atoms with van der Waals surface area (Å²) in [6, 6.07) is 23.6. The van der Waals surface area contributed by atoms with Crippen LogP contribution in [0.3, 0.4) is 0 Å². The van der Waals surface area contributed by atoms with E-state index in [-0.39, 0.29) is 25.0 Å². The third-order valence-corrected chi connectivity index (χ3v) is 6.91. The summed E-state index contributed by atoms with van der Waals surface area (Å²) >= 11 is 0. The number of rotatable bonds is 8. The lowest BCUT2D eigenvalue weighted by Gasteiger charge is -2.21. The molecule has 0 unspecified atom stereocenters.